The molecular weight excluding hydrogens is 318 g/mol. The summed E-state index contributed by atoms with van der Waals surface area (Å²) >= 11 is 2.62. The van der Waals surface area contributed by atoms with Gasteiger partial charge in [0.15, 0.2) is 0 Å². The van der Waals surface area contributed by atoms with Crippen molar-refractivity contribution in [1.82, 2.24) is 0 Å². The summed E-state index contributed by atoms with van der Waals surface area (Å²) in [6.45, 7) is 0. The molecule has 0 spiro atoms. The highest BCUT2D eigenvalue weighted by Gasteiger charge is 2.40. The van der Waals surface area contributed by atoms with Gasteiger partial charge in [-0.25, -0.2) is 0 Å². The van der Waals surface area contributed by atoms with Crippen LogP contribution in [-0.2, 0) is 6.18 Å². The maximum Gasteiger partial charge on any atom is 0.454 e. The molecule has 0 saturated carbocycles. The van der Waals surface area contributed by atoms with Gasteiger partial charge in [-0.15, -0.1) is 0 Å². The standard InChI is InChI=1S/C9H3BrF6O/c10-6-2-4(7(17)9(14,15)16)1-5(3-6)8(11,12)13/h1-3H. The molecule has 17 heavy (non-hydrogen) atoms. The molecule has 1 aromatic carbocycles. The van der Waals surface area contributed by atoms with Gasteiger partial charge in [0, 0.05) is 10.0 Å². The number of halogens is 7. The van der Waals surface area contributed by atoms with Crippen molar-refractivity contribution >= 4 is 21.7 Å². The molecule has 0 N–H and O–H groups in total. The minimum atomic E-state index is -5.20. The van der Waals surface area contributed by atoms with Crippen LogP contribution in [0.4, 0.5) is 26.3 Å². The fourth-order valence-corrected chi connectivity index (χ4v) is 1.54. The average Bonchev–Trinajstić information content (AvgIpc) is 2.12. The number of hydrogen-bond acceptors (Lipinski definition) is 1. The van der Waals surface area contributed by atoms with E-state index in [1.165, 1.54) is 0 Å². The van der Waals surface area contributed by atoms with Gasteiger partial charge >= 0.3 is 12.4 Å². The first-order valence-corrected chi connectivity index (χ1v) is 4.80. The topological polar surface area (TPSA) is 17.1 Å². The van der Waals surface area contributed by atoms with Crippen LogP contribution in [0.15, 0.2) is 22.7 Å². The van der Waals surface area contributed by atoms with Crippen LogP contribution in [-0.4, -0.2) is 12.0 Å². The summed E-state index contributed by atoms with van der Waals surface area (Å²) in [5, 5.41) is 0. The summed E-state index contributed by atoms with van der Waals surface area (Å²) in [5.74, 6) is -2.32. The van der Waals surface area contributed by atoms with E-state index in [1.807, 2.05) is 0 Å². The summed E-state index contributed by atoms with van der Waals surface area (Å²) in [6, 6.07) is 1.44. The maximum atomic E-state index is 12.3. The van der Waals surface area contributed by atoms with Crippen LogP contribution < -0.4 is 0 Å². The van der Waals surface area contributed by atoms with Gasteiger partial charge in [0.1, 0.15) is 0 Å². The summed E-state index contributed by atoms with van der Waals surface area (Å²) in [4.78, 5) is 10.8. The molecule has 0 unspecified atom stereocenters. The van der Waals surface area contributed by atoms with Gasteiger partial charge in [0.05, 0.1) is 5.56 Å². The number of hydrogen-bond donors (Lipinski definition) is 0. The quantitative estimate of drug-likeness (QED) is 0.559. The van der Waals surface area contributed by atoms with Crippen LogP contribution in [0, 0.1) is 0 Å². The molecule has 0 aliphatic carbocycles. The molecule has 0 aliphatic heterocycles. The second kappa shape index (κ2) is 4.32. The molecular formula is C9H3BrF6O. The molecule has 0 radical (unpaired) electrons. The van der Waals surface area contributed by atoms with E-state index in [4.69, 9.17) is 0 Å². The number of ketones is 1. The normalized spacial score (nSPS) is 12.6. The number of benzene rings is 1. The number of rotatable bonds is 1. The zero-order valence-corrected chi connectivity index (χ0v) is 9.37. The Morgan fingerprint density at radius 3 is 1.94 bits per heavy atom. The first-order valence-electron chi connectivity index (χ1n) is 4.01. The van der Waals surface area contributed by atoms with E-state index >= 15 is 0 Å². The predicted molar refractivity (Wildman–Crippen MR) is 49.5 cm³/mol. The second-order valence-corrected chi connectivity index (χ2v) is 3.97. The Morgan fingerprint density at radius 1 is 1.00 bits per heavy atom. The van der Waals surface area contributed by atoms with Gasteiger partial charge in [0.2, 0.25) is 0 Å². The minimum Gasteiger partial charge on any atom is -0.284 e. The number of carbonyl (C=O) groups excluding carboxylic acids is 1. The minimum absolute atomic E-state index is 0.167. The third kappa shape index (κ3) is 3.45. The van der Waals surface area contributed by atoms with Gasteiger partial charge in [0.25, 0.3) is 5.78 Å². The second-order valence-electron chi connectivity index (χ2n) is 3.05. The van der Waals surface area contributed by atoms with Crippen molar-refractivity contribution < 1.29 is 31.1 Å². The van der Waals surface area contributed by atoms with Crippen molar-refractivity contribution in [3.05, 3.63) is 33.8 Å². The molecule has 1 nitrogen and oxygen atoms in total. The third-order valence-electron chi connectivity index (χ3n) is 1.74. The fourth-order valence-electron chi connectivity index (χ4n) is 1.05. The lowest BCUT2D eigenvalue weighted by Crippen LogP contribution is -2.23. The monoisotopic (exact) mass is 320 g/mol. The van der Waals surface area contributed by atoms with Crippen LogP contribution in [0.2, 0.25) is 0 Å². The van der Waals surface area contributed by atoms with E-state index in [1.54, 1.807) is 0 Å². The molecule has 1 aromatic rings. The number of alkyl halides is 6. The fraction of sp³-hybridized carbons (Fsp3) is 0.222. The number of carbonyl (C=O) groups is 1. The Bertz CT molecular complexity index is 448. The lowest BCUT2D eigenvalue weighted by atomic mass is 10.1. The van der Waals surface area contributed by atoms with Crippen LogP contribution in [0.1, 0.15) is 15.9 Å². The Morgan fingerprint density at radius 2 is 1.53 bits per heavy atom. The van der Waals surface area contributed by atoms with Crippen LogP contribution in [0.25, 0.3) is 0 Å². The van der Waals surface area contributed by atoms with E-state index in [0.717, 1.165) is 0 Å². The highest BCUT2D eigenvalue weighted by atomic mass is 79.9. The van der Waals surface area contributed by atoms with Gasteiger partial charge < -0.3 is 0 Å². The summed E-state index contributed by atoms with van der Waals surface area (Å²) in [6.07, 6.45) is -10.0. The van der Waals surface area contributed by atoms with Crippen molar-refractivity contribution in [3.8, 4) is 0 Å². The van der Waals surface area contributed by atoms with Crippen molar-refractivity contribution in [1.29, 1.82) is 0 Å². The van der Waals surface area contributed by atoms with E-state index in [-0.39, 0.29) is 10.5 Å². The molecule has 0 amide bonds. The highest BCUT2D eigenvalue weighted by molar-refractivity contribution is 9.10. The van der Waals surface area contributed by atoms with Crippen LogP contribution in [0.3, 0.4) is 0 Å². The molecule has 0 atom stereocenters. The maximum absolute atomic E-state index is 12.3. The Kier molecular flexibility index (Phi) is 3.56. The van der Waals surface area contributed by atoms with Crippen LogP contribution in [0.5, 0.6) is 0 Å². The SMILES string of the molecule is O=C(c1cc(Br)cc(C(F)(F)F)c1)C(F)(F)F. The van der Waals surface area contributed by atoms with Crippen molar-refractivity contribution in [2.24, 2.45) is 0 Å². The largest absolute Gasteiger partial charge is 0.454 e. The summed E-state index contributed by atoms with van der Waals surface area (Å²) in [5.41, 5.74) is -2.38. The van der Waals surface area contributed by atoms with Crippen molar-refractivity contribution in [2.45, 2.75) is 12.4 Å². The molecule has 0 aromatic heterocycles. The summed E-state index contributed by atoms with van der Waals surface area (Å²) < 4.78 is 72.8. The predicted octanol–water partition coefficient (Wildman–Crippen LogP) is 4.21. The zero-order valence-electron chi connectivity index (χ0n) is 7.79. The van der Waals surface area contributed by atoms with E-state index in [2.05, 4.69) is 15.9 Å². The van der Waals surface area contributed by atoms with E-state index in [9.17, 15) is 31.1 Å². The van der Waals surface area contributed by atoms with Crippen molar-refractivity contribution in [2.75, 3.05) is 0 Å². The zero-order chi connectivity index (χ0) is 13.4. The molecule has 0 fully saturated rings. The lowest BCUT2D eigenvalue weighted by Gasteiger charge is -2.10. The van der Waals surface area contributed by atoms with Gasteiger partial charge in [-0.1, -0.05) is 15.9 Å². The first-order chi connectivity index (χ1) is 7.51. The molecule has 94 valence electrons. The van der Waals surface area contributed by atoms with E-state index < -0.39 is 29.3 Å². The Hall–Kier alpha value is -1.05. The molecule has 1 rings (SSSR count). The number of Topliss-reactive ketones (excluding diaryl/α,β-unsaturated/α-hetero) is 1. The lowest BCUT2D eigenvalue weighted by molar-refractivity contribution is -0.137. The highest BCUT2D eigenvalue weighted by Crippen LogP contribution is 2.33. The molecule has 0 saturated heterocycles. The van der Waals surface area contributed by atoms with Crippen LogP contribution >= 0.6 is 15.9 Å². The Balaban J connectivity index is 3.29. The van der Waals surface area contributed by atoms with Gasteiger partial charge in [-0.2, -0.15) is 26.3 Å². The molecule has 0 heterocycles. The van der Waals surface area contributed by atoms with E-state index in [0.29, 0.717) is 12.1 Å². The smallest absolute Gasteiger partial charge is 0.284 e. The average molecular weight is 321 g/mol. The van der Waals surface area contributed by atoms with Gasteiger partial charge in [-0.05, 0) is 18.2 Å². The first kappa shape index (κ1) is 14.0. The third-order valence-corrected chi connectivity index (χ3v) is 2.20. The molecule has 0 aliphatic rings. The summed E-state index contributed by atoms with van der Waals surface area (Å²) in [7, 11) is 0. The Labute approximate surface area is 99.5 Å². The van der Waals surface area contributed by atoms with Gasteiger partial charge in [-0.3, -0.25) is 4.79 Å². The van der Waals surface area contributed by atoms with Crippen molar-refractivity contribution in [3.63, 3.8) is 0 Å². The molecule has 8 heteroatoms. The molecule has 0 bridgehead atoms.